The molecular formula is C8H15NO2. The number of carbonyl (C=O) groups is 1. The van der Waals surface area contributed by atoms with Gasteiger partial charge < -0.3 is 10.4 Å². The largest absolute Gasteiger partial charge is 0.512 e. The van der Waals surface area contributed by atoms with E-state index in [1.807, 2.05) is 13.8 Å². The average molecular weight is 157 g/mol. The lowest BCUT2D eigenvalue weighted by Crippen LogP contribution is -2.20. The van der Waals surface area contributed by atoms with Gasteiger partial charge in [-0.25, -0.2) is 0 Å². The first kappa shape index (κ1) is 10.0. The van der Waals surface area contributed by atoms with Crippen LogP contribution >= 0.6 is 0 Å². The minimum atomic E-state index is -0.226. The average Bonchev–Trinajstić information content (AvgIpc) is 2.00. The van der Waals surface area contributed by atoms with Gasteiger partial charge in [-0.15, -0.1) is 0 Å². The summed E-state index contributed by atoms with van der Waals surface area (Å²) in [6.07, 6.45) is 0. The molecular weight excluding hydrogens is 142 g/mol. The molecule has 0 atom stereocenters. The van der Waals surface area contributed by atoms with E-state index in [4.69, 9.17) is 0 Å². The van der Waals surface area contributed by atoms with Gasteiger partial charge in [-0.3, -0.25) is 4.79 Å². The lowest BCUT2D eigenvalue weighted by molar-refractivity contribution is -0.117. The maximum atomic E-state index is 10.9. The van der Waals surface area contributed by atoms with Crippen molar-refractivity contribution in [3.63, 3.8) is 0 Å². The molecule has 0 fully saturated rings. The molecule has 0 aliphatic heterocycles. The third-order valence-electron chi connectivity index (χ3n) is 1.50. The number of aliphatic hydroxyl groups excluding tert-OH is 1. The lowest BCUT2D eigenvalue weighted by Gasteiger charge is -2.07. The monoisotopic (exact) mass is 157 g/mol. The van der Waals surface area contributed by atoms with E-state index in [0.717, 1.165) is 0 Å². The van der Waals surface area contributed by atoms with Crippen LogP contribution in [0.25, 0.3) is 0 Å². The summed E-state index contributed by atoms with van der Waals surface area (Å²) in [6.45, 7) is 5.28. The molecule has 0 aromatic heterocycles. The van der Waals surface area contributed by atoms with Gasteiger partial charge in [0, 0.05) is 13.0 Å². The van der Waals surface area contributed by atoms with Crippen LogP contribution < -0.4 is 5.32 Å². The van der Waals surface area contributed by atoms with Crippen LogP contribution in [0.1, 0.15) is 20.8 Å². The van der Waals surface area contributed by atoms with E-state index >= 15 is 0 Å². The molecule has 0 aliphatic carbocycles. The smallest absolute Gasteiger partial charge is 0.250 e. The van der Waals surface area contributed by atoms with Gasteiger partial charge in [0.15, 0.2) is 0 Å². The number of hydrogen-bond acceptors (Lipinski definition) is 2. The quantitative estimate of drug-likeness (QED) is 0.467. The highest BCUT2D eigenvalue weighted by Gasteiger charge is 2.10. The van der Waals surface area contributed by atoms with Crippen LogP contribution in [0.5, 0.6) is 0 Å². The number of aliphatic hydroxyl groups is 1. The lowest BCUT2D eigenvalue weighted by atomic mass is 10.1. The third-order valence-corrected chi connectivity index (χ3v) is 1.50. The fraction of sp³-hybridized carbons (Fsp3) is 0.625. The Hall–Kier alpha value is -0.990. The number of carbonyl (C=O) groups excluding carboxylic acids is 1. The van der Waals surface area contributed by atoms with Gasteiger partial charge in [0.25, 0.3) is 0 Å². The van der Waals surface area contributed by atoms with Crippen LogP contribution in [-0.4, -0.2) is 18.1 Å². The molecule has 3 heteroatoms. The third kappa shape index (κ3) is 2.62. The van der Waals surface area contributed by atoms with E-state index in [1.54, 1.807) is 14.0 Å². The molecule has 1 amide bonds. The summed E-state index contributed by atoms with van der Waals surface area (Å²) in [5, 5.41) is 11.8. The van der Waals surface area contributed by atoms with Gasteiger partial charge in [-0.1, -0.05) is 13.8 Å². The first-order valence-electron chi connectivity index (χ1n) is 3.62. The maximum absolute atomic E-state index is 10.9. The van der Waals surface area contributed by atoms with E-state index in [1.165, 1.54) is 0 Å². The van der Waals surface area contributed by atoms with Crippen LogP contribution in [0.4, 0.5) is 0 Å². The van der Waals surface area contributed by atoms with Crippen molar-refractivity contribution in [2.75, 3.05) is 7.05 Å². The van der Waals surface area contributed by atoms with Gasteiger partial charge >= 0.3 is 0 Å². The zero-order valence-corrected chi connectivity index (χ0v) is 7.43. The fourth-order valence-electron chi connectivity index (χ4n) is 0.737. The van der Waals surface area contributed by atoms with Crippen molar-refractivity contribution in [2.45, 2.75) is 20.8 Å². The molecule has 0 unspecified atom stereocenters. The zero-order valence-electron chi connectivity index (χ0n) is 7.43. The summed E-state index contributed by atoms with van der Waals surface area (Å²) < 4.78 is 0. The molecule has 0 radical (unpaired) electrons. The first-order valence-corrected chi connectivity index (χ1v) is 3.62. The molecule has 0 aromatic rings. The molecule has 0 aromatic carbocycles. The van der Waals surface area contributed by atoms with Crippen molar-refractivity contribution in [3.8, 4) is 0 Å². The summed E-state index contributed by atoms with van der Waals surface area (Å²) in [5.74, 6) is -0.0622. The summed E-state index contributed by atoms with van der Waals surface area (Å²) in [4.78, 5) is 10.9. The Morgan fingerprint density at radius 1 is 1.45 bits per heavy atom. The molecule has 64 valence electrons. The summed E-state index contributed by atoms with van der Waals surface area (Å²) in [7, 11) is 1.54. The Morgan fingerprint density at radius 3 is 2.18 bits per heavy atom. The molecule has 0 saturated heterocycles. The van der Waals surface area contributed by atoms with E-state index < -0.39 is 0 Å². The van der Waals surface area contributed by atoms with E-state index in [9.17, 15) is 9.90 Å². The van der Waals surface area contributed by atoms with Crippen LogP contribution in [0.15, 0.2) is 11.3 Å². The predicted octanol–water partition coefficient (Wildman–Crippen LogP) is 1.22. The molecule has 11 heavy (non-hydrogen) atoms. The van der Waals surface area contributed by atoms with Crippen molar-refractivity contribution < 1.29 is 9.90 Å². The molecule has 0 bridgehead atoms. The number of amides is 1. The Bertz CT molecular complexity index is 183. The van der Waals surface area contributed by atoms with Crippen LogP contribution in [0.3, 0.4) is 0 Å². The summed E-state index contributed by atoms with van der Waals surface area (Å²) in [6, 6.07) is 0. The van der Waals surface area contributed by atoms with Crippen molar-refractivity contribution in [3.05, 3.63) is 11.3 Å². The van der Waals surface area contributed by atoms with E-state index in [0.29, 0.717) is 5.57 Å². The Balaban J connectivity index is 4.52. The number of rotatable bonds is 2. The standard InChI is InChI=1S/C8H15NO2/c1-5(2)7(10)6(3)8(11)9-4/h5,10H,1-4H3,(H,9,11). The molecule has 3 nitrogen and oxygen atoms in total. The van der Waals surface area contributed by atoms with E-state index in [-0.39, 0.29) is 17.6 Å². The summed E-state index contributed by atoms with van der Waals surface area (Å²) in [5.41, 5.74) is 0.391. The minimum Gasteiger partial charge on any atom is -0.512 e. The SMILES string of the molecule is CNC(=O)C(C)=C(O)C(C)C. The Morgan fingerprint density at radius 2 is 1.91 bits per heavy atom. The van der Waals surface area contributed by atoms with Crippen LogP contribution in [-0.2, 0) is 4.79 Å². The van der Waals surface area contributed by atoms with Gasteiger partial charge in [-0.05, 0) is 6.92 Å². The molecule has 0 saturated carbocycles. The molecule has 0 spiro atoms. The summed E-state index contributed by atoms with van der Waals surface area (Å²) >= 11 is 0. The van der Waals surface area contributed by atoms with Crippen molar-refractivity contribution in [2.24, 2.45) is 5.92 Å². The Kier molecular flexibility index (Phi) is 3.65. The normalized spacial score (nSPS) is 12.8. The fourth-order valence-corrected chi connectivity index (χ4v) is 0.737. The van der Waals surface area contributed by atoms with Crippen LogP contribution in [0.2, 0.25) is 0 Å². The van der Waals surface area contributed by atoms with Gasteiger partial charge in [0.05, 0.1) is 5.57 Å². The van der Waals surface area contributed by atoms with Crippen molar-refractivity contribution in [1.29, 1.82) is 0 Å². The zero-order chi connectivity index (χ0) is 9.02. The second kappa shape index (κ2) is 4.01. The predicted molar refractivity (Wildman–Crippen MR) is 44.2 cm³/mol. The van der Waals surface area contributed by atoms with Gasteiger partial charge in [-0.2, -0.15) is 0 Å². The number of hydrogen-bond donors (Lipinski definition) is 2. The second-order valence-corrected chi connectivity index (χ2v) is 2.74. The molecule has 0 aliphatic rings. The number of likely N-dealkylation sites (N-methyl/N-ethyl adjacent to an activating group) is 1. The number of nitrogens with one attached hydrogen (secondary N) is 1. The van der Waals surface area contributed by atoms with Gasteiger partial charge in [0.1, 0.15) is 5.76 Å². The highest BCUT2D eigenvalue weighted by atomic mass is 16.3. The molecule has 0 heterocycles. The second-order valence-electron chi connectivity index (χ2n) is 2.74. The van der Waals surface area contributed by atoms with Crippen molar-refractivity contribution >= 4 is 5.91 Å². The topological polar surface area (TPSA) is 49.3 Å². The molecule has 2 N–H and O–H groups in total. The van der Waals surface area contributed by atoms with Crippen molar-refractivity contribution in [1.82, 2.24) is 5.32 Å². The highest BCUT2D eigenvalue weighted by Crippen LogP contribution is 2.10. The van der Waals surface area contributed by atoms with Crippen LogP contribution in [0, 0.1) is 5.92 Å². The van der Waals surface area contributed by atoms with Gasteiger partial charge in [0.2, 0.25) is 5.91 Å². The number of allylic oxidation sites excluding steroid dienone is 1. The Labute approximate surface area is 67.1 Å². The van der Waals surface area contributed by atoms with E-state index in [2.05, 4.69) is 5.32 Å². The molecule has 0 rings (SSSR count). The highest BCUT2D eigenvalue weighted by molar-refractivity contribution is 5.92. The maximum Gasteiger partial charge on any atom is 0.250 e. The minimum absolute atomic E-state index is 0.00676. The first-order chi connectivity index (χ1) is 5.00.